The molecule has 0 aromatic heterocycles. The Hall–Kier alpha value is -0.890. The molecule has 0 saturated heterocycles. The predicted molar refractivity (Wildman–Crippen MR) is 63.3 cm³/mol. The molecular formula is C12H17ClO2. The Morgan fingerprint density at radius 1 is 1.13 bits per heavy atom. The molecule has 0 unspecified atom stereocenters. The number of rotatable bonds is 5. The number of methoxy groups -OCH3 is 2. The lowest BCUT2D eigenvalue weighted by atomic mass is 10.1. The molecular weight excluding hydrogens is 212 g/mol. The first kappa shape index (κ1) is 12.2. The van der Waals surface area contributed by atoms with Gasteiger partial charge < -0.3 is 9.47 Å². The fourth-order valence-corrected chi connectivity index (χ4v) is 1.70. The average molecular weight is 229 g/mol. The SMILES string of the molecule is COc1cc(CCCCl)c(OC)cc1C. The second-order valence-electron chi connectivity index (χ2n) is 3.43. The van der Waals surface area contributed by atoms with Gasteiger partial charge in [-0.1, -0.05) is 0 Å². The van der Waals surface area contributed by atoms with Crippen LogP contribution in [0.5, 0.6) is 11.5 Å². The van der Waals surface area contributed by atoms with E-state index in [0.717, 1.165) is 35.5 Å². The Kier molecular flexibility index (Phi) is 4.76. The lowest BCUT2D eigenvalue weighted by Gasteiger charge is -2.12. The molecule has 0 amide bonds. The highest BCUT2D eigenvalue weighted by Gasteiger charge is 2.07. The number of benzene rings is 1. The molecule has 0 aliphatic carbocycles. The summed E-state index contributed by atoms with van der Waals surface area (Å²) in [6, 6.07) is 4.03. The quantitative estimate of drug-likeness (QED) is 0.721. The first-order chi connectivity index (χ1) is 7.22. The number of alkyl halides is 1. The monoisotopic (exact) mass is 228 g/mol. The van der Waals surface area contributed by atoms with Crippen LogP contribution in [0.4, 0.5) is 0 Å². The summed E-state index contributed by atoms with van der Waals surface area (Å²) in [7, 11) is 3.37. The zero-order valence-electron chi connectivity index (χ0n) is 9.47. The number of hydrogen-bond donors (Lipinski definition) is 0. The van der Waals surface area contributed by atoms with Gasteiger partial charge in [0.15, 0.2) is 0 Å². The molecule has 0 bridgehead atoms. The Balaban J connectivity index is 2.99. The van der Waals surface area contributed by atoms with Gasteiger partial charge in [-0.15, -0.1) is 11.6 Å². The van der Waals surface area contributed by atoms with Crippen molar-refractivity contribution < 1.29 is 9.47 Å². The molecule has 0 aliphatic heterocycles. The fraction of sp³-hybridized carbons (Fsp3) is 0.500. The molecule has 15 heavy (non-hydrogen) atoms. The summed E-state index contributed by atoms with van der Waals surface area (Å²) in [6.07, 6.45) is 1.87. The Morgan fingerprint density at radius 2 is 1.80 bits per heavy atom. The van der Waals surface area contributed by atoms with Gasteiger partial charge in [0.2, 0.25) is 0 Å². The highest BCUT2D eigenvalue weighted by atomic mass is 35.5. The molecule has 0 spiro atoms. The van der Waals surface area contributed by atoms with Gasteiger partial charge in [0.1, 0.15) is 11.5 Å². The van der Waals surface area contributed by atoms with E-state index in [0.29, 0.717) is 5.88 Å². The van der Waals surface area contributed by atoms with Crippen molar-refractivity contribution >= 4 is 11.6 Å². The van der Waals surface area contributed by atoms with Crippen LogP contribution >= 0.6 is 11.6 Å². The largest absolute Gasteiger partial charge is 0.496 e. The van der Waals surface area contributed by atoms with E-state index in [1.807, 2.05) is 19.1 Å². The summed E-state index contributed by atoms with van der Waals surface area (Å²) in [5, 5.41) is 0. The third kappa shape index (κ3) is 3.03. The molecule has 1 aromatic carbocycles. The van der Waals surface area contributed by atoms with Crippen molar-refractivity contribution in [1.29, 1.82) is 0 Å². The van der Waals surface area contributed by atoms with Crippen LogP contribution < -0.4 is 9.47 Å². The van der Waals surface area contributed by atoms with E-state index in [1.54, 1.807) is 14.2 Å². The normalized spacial score (nSPS) is 10.1. The van der Waals surface area contributed by atoms with Crippen LogP contribution in [0.3, 0.4) is 0 Å². The lowest BCUT2D eigenvalue weighted by molar-refractivity contribution is 0.396. The molecule has 2 nitrogen and oxygen atoms in total. The topological polar surface area (TPSA) is 18.5 Å². The molecule has 0 atom stereocenters. The van der Waals surface area contributed by atoms with Gasteiger partial charge >= 0.3 is 0 Å². The van der Waals surface area contributed by atoms with Crippen molar-refractivity contribution in [3.63, 3.8) is 0 Å². The summed E-state index contributed by atoms with van der Waals surface area (Å²) in [4.78, 5) is 0. The van der Waals surface area contributed by atoms with Crippen LogP contribution in [-0.2, 0) is 6.42 Å². The zero-order chi connectivity index (χ0) is 11.3. The molecule has 1 rings (SSSR count). The number of hydrogen-bond acceptors (Lipinski definition) is 2. The minimum atomic E-state index is 0.666. The minimum absolute atomic E-state index is 0.666. The van der Waals surface area contributed by atoms with E-state index >= 15 is 0 Å². The molecule has 84 valence electrons. The van der Waals surface area contributed by atoms with E-state index in [2.05, 4.69) is 0 Å². The Labute approximate surface area is 96.2 Å². The predicted octanol–water partition coefficient (Wildman–Crippen LogP) is 3.18. The minimum Gasteiger partial charge on any atom is -0.496 e. The molecule has 1 aromatic rings. The van der Waals surface area contributed by atoms with Crippen LogP contribution in [0.25, 0.3) is 0 Å². The Morgan fingerprint density at radius 3 is 2.33 bits per heavy atom. The van der Waals surface area contributed by atoms with Gasteiger partial charge in [-0.3, -0.25) is 0 Å². The van der Waals surface area contributed by atoms with Gasteiger partial charge in [0.05, 0.1) is 14.2 Å². The van der Waals surface area contributed by atoms with Crippen molar-refractivity contribution in [3.8, 4) is 11.5 Å². The van der Waals surface area contributed by atoms with Crippen molar-refractivity contribution in [1.82, 2.24) is 0 Å². The third-order valence-electron chi connectivity index (χ3n) is 2.38. The zero-order valence-corrected chi connectivity index (χ0v) is 10.2. The molecule has 3 heteroatoms. The molecule has 0 fully saturated rings. The van der Waals surface area contributed by atoms with E-state index in [-0.39, 0.29) is 0 Å². The summed E-state index contributed by atoms with van der Waals surface area (Å²) < 4.78 is 10.6. The maximum atomic E-state index is 5.68. The van der Waals surface area contributed by atoms with E-state index < -0.39 is 0 Å². The highest BCUT2D eigenvalue weighted by Crippen LogP contribution is 2.29. The van der Waals surface area contributed by atoms with Crippen LogP contribution in [0.15, 0.2) is 12.1 Å². The first-order valence-electron chi connectivity index (χ1n) is 5.00. The van der Waals surface area contributed by atoms with Gasteiger partial charge in [0.25, 0.3) is 0 Å². The van der Waals surface area contributed by atoms with Gasteiger partial charge in [-0.05, 0) is 43.0 Å². The molecule has 0 aliphatic rings. The van der Waals surface area contributed by atoms with Crippen LogP contribution in [0.1, 0.15) is 17.5 Å². The lowest BCUT2D eigenvalue weighted by Crippen LogP contribution is -1.96. The van der Waals surface area contributed by atoms with Crippen molar-refractivity contribution in [2.75, 3.05) is 20.1 Å². The molecule has 0 radical (unpaired) electrons. The van der Waals surface area contributed by atoms with Gasteiger partial charge in [0, 0.05) is 5.88 Å². The summed E-state index contributed by atoms with van der Waals surface area (Å²) in [5.74, 6) is 2.48. The standard InChI is InChI=1S/C12H17ClO2/c1-9-7-12(15-3)10(5-4-6-13)8-11(9)14-2/h7-8H,4-6H2,1-3H3. The van der Waals surface area contributed by atoms with Crippen molar-refractivity contribution in [2.45, 2.75) is 19.8 Å². The van der Waals surface area contributed by atoms with Crippen LogP contribution in [0, 0.1) is 6.92 Å². The van der Waals surface area contributed by atoms with Gasteiger partial charge in [-0.25, -0.2) is 0 Å². The summed E-state index contributed by atoms with van der Waals surface area (Å²) in [5.41, 5.74) is 2.24. The van der Waals surface area contributed by atoms with Crippen LogP contribution in [0.2, 0.25) is 0 Å². The molecule has 0 heterocycles. The number of ether oxygens (including phenoxy) is 2. The number of halogens is 1. The summed E-state index contributed by atoms with van der Waals surface area (Å²) >= 11 is 5.68. The maximum absolute atomic E-state index is 5.68. The highest BCUT2D eigenvalue weighted by molar-refractivity contribution is 6.17. The third-order valence-corrected chi connectivity index (χ3v) is 2.64. The average Bonchev–Trinajstić information content (AvgIpc) is 2.26. The van der Waals surface area contributed by atoms with E-state index in [9.17, 15) is 0 Å². The first-order valence-corrected chi connectivity index (χ1v) is 5.53. The van der Waals surface area contributed by atoms with E-state index in [4.69, 9.17) is 21.1 Å². The Bertz CT molecular complexity index is 324. The maximum Gasteiger partial charge on any atom is 0.122 e. The van der Waals surface area contributed by atoms with Crippen molar-refractivity contribution in [2.24, 2.45) is 0 Å². The summed E-state index contributed by atoms with van der Waals surface area (Å²) in [6.45, 7) is 2.01. The van der Waals surface area contributed by atoms with Gasteiger partial charge in [-0.2, -0.15) is 0 Å². The van der Waals surface area contributed by atoms with Crippen molar-refractivity contribution in [3.05, 3.63) is 23.3 Å². The number of aryl methyl sites for hydroxylation is 2. The molecule has 0 N–H and O–H groups in total. The smallest absolute Gasteiger partial charge is 0.122 e. The second kappa shape index (κ2) is 5.86. The van der Waals surface area contributed by atoms with E-state index in [1.165, 1.54) is 0 Å². The van der Waals surface area contributed by atoms with Crippen LogP contribution in [-0.4, -0.2) is 20.1 Å². The molecule has 0 saturated carbocycles. The fourth-order valence-electron chi connectivity index (χ4n) is 1.57. The second-order valence-corrected chi connectivity index (χ2v) is 3.80.